The molecule has 0 aromatic carbocycles. The third kappa shape index (κ3) is 2.68. The highest BCUT2D eigenvalue weighted by molar-refractivity contribution is 9.10. The molecule has 0 aromatic heterocycles. The van der Waals surface area contributed by atoms with Gasteiger partial charge in [0.2, 0.25) is 0 Å². The van der Waals surface area contributed by atoms with E-state index in [1.54, 1.807) is 6.92 Å². The first-order valence-electron chi connectivity index (χ1n) is 2.34. The zero-order valence-corrected chi connectivity index (χ0v) is 7.16. The number of carbonyl (C=O) groups excluding carboxylic acids is 1. The summed E-state index contributed by atoms with van der Waals surface area (Å²) in [7, 11) is 0. The minimum Gasteiger partial charge on any atom is -0.299 e. The van der Waals surface area contributed by atoms with Gasteiger partial charge in [-0.1, -0.05) is 15.9 Å². The van der Waals surface area contributed by atoms with Crippen molar-refractivity contribution in [3.05, 3.63) is 0 Å². The fourth-order valence-corrected chi connectivity index (χ4v) is 0.501. The molecule has 0 fully saturated rings. The summed E-state index contributed by atoms with van der Waals surface area (Å²) in [5.74, 6) is 0.0764. The van der Waals surface area contributed by atoms with Gasteiger partial charge in [0.25, 0.3) is 0 Å². The molecule has 0 aliphatic heterocycles. The van der Waals surface area contributed by atoms with Crippen molar-refractivity contribution in [2.75, 3.05) is 0 Å². The molecule has 0 saturated heterocycles. The van der Waals surface area contributed by atoms with E-state index in [0.29, 0.717) is 0 Å². The van der Waals surface area contributed by atoms with Crippen molar-refractivity contribution in [1.82, 2.24) is 0 Å². The average molecular weight is 199 g/mol. The lowest BCUT2D eigenvalue weighted by Crippen LogP contribution is -2.18. The van der Waals surface area contributed by atoms with Crippen LogP contribution >= 0.6 is 27.5 Å². The largest absolute Gasteiger partial charge is 0.299 e. The molecule has 0 aliphatic rings. The molecule has 0 bridgehead atoms. The topological polar surface area (TPSA) is 17.1 Å². The smallest absolute Gasteiger partial charge is 0.144 e. The first kappa shape index (κ1) is 8.44. The number of alkyl halides is 2. The van der Waals surface area contributed by atoms with Gasteiger partial charge in [-0.05, 0) is 13.8 Å². The van der Waals surface area contributed by atoms with Crippen LogP contribution in [-0.2, 0) is 4.79 Å². The molecule has 0 spiro atoms. The minimum absolute atomic E-state index is 0.0764. The minimum atomic E-state index is -0.191. The molecule has 3 heteroatoms. The molecule has 0 rings (SSSR count). The maximum absolute atomic E-state index is 10.5. The van der Waals surface area contributed by atoms with E-state index < -0.39 is 0 Å². The van der Waals surface area contributed by atoms with E-state index in [1.165, 1.54) is 6.92 Å². The van der Waals surface area contributed by atoms with E-state index in [2.05, 4.69) is 15.9 Å². The summed E-state index contributed by atoms with van der Waals surface area (Å²) in [5, 5.41) is -0.118. The van der Waals surface area contributed by atoms with Crippen LogP contribution < -0.4 is 0 Å². The fourth-order valence-electron chi connectivity index (χ4n) is 0.323. The Bertz CT molecular complexity index is 92.4. The highest BCUT2D eigenvalue weighted by Crippen LogP contribution is 2.11. The number of ketones is 1. The molecular weight excluding hydrogens is 191 g/mol. The van der Waals surface area contributed by atoms with Crippen molar-refractivity contribution >= 4 is 33.3 Å². The predicted octanol–water partition coefficient (Wildman–Crippen LogP) is 1.97. The Morgan fingerprint density at radius 3 is 2.12 bits per heavy atom. The summed E-state index contributed by atoms with van der Waals surface area (Å²) in [6, 6.07) is 0. The number of hydrogen-bond acceptors (Lipinski definition) is 1. The van der Waals surface area contributed by atoms with Gasteiger partial charge in [0, 0.05) is 0 Å². The van der Waals surface area contributed by atoms with Crippen molar-refractivity contribution in [3.8, 4) is 0 Å². The number of hydrogen-bond donors (Lipinski definition) is 0. The van der Waals surface area contributed by atoms with Crippen LogP contribution in [0.4, 0.5) is 0 Å². The van der Waals surface area contributed by atoms with E-state index in [0.717, 1.165) is 0 Å². The summed E-state index contributed by atoms with van der Waals surface area (Å²) in [6.07, 6.45) is 0. The molecule has 0 unspecified atom stereocenters. The van der Waals surface area contributed by atoms with Gasteiger partial charge in [-0.2, -0.15) is 0 Å². The van der Waals surface area contributed by atoms with Gasteiger partial charge in [0.1, 0.15) is 5.78 Å². The summed E-state index contributed by atoms with van der Waals surface area (Å²) >= 11 is 8.68. The van der Waals surface area contributed by atoms with Gasteiger partial charge in [-0.15, -0.1) is 11.6 Å². The second kappa shape index (κ2) is 3.46. The zero-order chi connectivity index (χ0) is 6.73. The molecule has 0 aromatic rings. The summed E-state index contributed by atoms with van der Waals surface area (Å²) in [5.41, 5.74) is 0. The second-order valence-corrected chi connectivity index (χ2v) is 3.36. The molecule has 8 heavy (non-hydrogen) atoms. The lowest BCUT2D eigenvalue weighted by atomic mass is 10.2. The molecule has 1 nitrogen and oxygen atoms in total. The predicted molar refractivity (Wildman–Crippen MR) is 38.7 cm³/mol. The van der Waals surface area contributed by atoms with E-state index in [1.807, 2.05) is 0 Å². The highest BCUT2D eigenvalue weighted by Gasteiger charge is 2.14. The maximum Gasteiger partial charge on any atom is 0.144 e. The van der Waals surface area contributed by atoms with Crippen molar-refractivity contribution in [2.45, 2.75) is 24.1 Å². The molecule has 0 amide bonds. The second-order valence-electron chi connectivity index (χ2n) is 1.69. The van der Waals surface area contributed by atoms with E-state index in [9.17, 15) is 4.79 Å². The quantitative estimate of drug-likeness (QED) is 0.622. The van der Waals surface area contributed by atoms with Gasteiger partial charge in [0.15, 0.2) is 0 Å². The molecule has 0 radical (unpaired) electrons. The number of carbonyl (C=O) groups is 1. The summed E-state index contributed by atoms with van der Waals surface area (Å²) in [6.45, 7) is 3.29. The van der Waals surface area contributed by atoms with E-state index >= 15 is 0 Å². The van der Waals surface area contributed by atoms with Crippen molar-refractivity contribution in [2.24, 2.45) is 0 Å². The molecule has 48 valence electrons. The Hall–Kier alpha value is 0.440. The van der Waals surface area contributed by atoms with Crippen LogP contribution in [0, 0.1) is 0 Å². The normalized spacial score (nSPS) is 17.5. The molecular formula is C5H8BrClO. The average Bonchev–Trinajstić information content (AvgIpc) is 1.64. The van der Waals surface area contributed by atoms with Crippen LogP contribution in [-0.4, -0.2) is 16.0 Å². The first-order valence-corrected chi connectivity index (χ1v) is 3.69. The first-order chi connectivity index (χ1) is 3.55. The van der Waals surface area contributed by atoms with Crippen LogP contribution in [0.3, 0.4) is 0 Å². The summed E-state index contributed by atoms with van der Waals surface area (Å²) in [4.78, 5) is 10.3. The van der Waals surface area contributed by atoms with Crippen molar-refractivity contribution in [1.29, 1.82) is 0 Å². The van der Waals surface area contributed by atoms with Crippen LogP contribution in [0.5, 0.6) is 0 Å². The Kier molecular flexibility index (Phi) is 3.65. The van der Waals surface area contributed by atoms with Crippen LogP contribution in [0.1, 0.15) is 13.8 Å². The molecule has 0 N–H and O–H groups in total. The van der Waals surface area contributed by atoms with Crippen molar-refractivity contribution in [3.63, 3.8) is 0 Å². The molecule has 0 saturated carbocycles. The van der Waals surface area contributed by atoms with Gasteiger partial charge >= 0.3 is 0 Å². The zero-order valence-electron chi connectivity index (χ0n) is 4.82. The van der Waals surface area contributed by atoms with Gasteiger partial charge in [-0.3, -0.25) is 4.79 Å². The number of rotatable bonds is 2. The Balaban J connectivity index is 3.64. The standard InChI is InChI=1S/C5H8BrClO/c1-3(7)5(6)4(2)8/h3,5H,1-2H3/t3-,5+/m1/s1. The maximum atomic E-state index is 10.5. The lowest BCUT2D eigenvalue weighted by Gasteiger charge is -2.05. The van der Waals surface area contributed by atoms with Gasteiger partial charge in [-0.25, -0.2) is 0 Å². The van der Waals surface area contributed by atoms with E-state index in [-0.39, 0.29) is 16.0 Å². The molecule has 2 atom stereocenters. The third-order valence-electron chi connectivity index (χ3n) is 0.792. The van der Waals surface area contributed by atoms with Gasteiger partial charge in [0.05, 0.1) is 10.2 Å². The highest BCUT2D eigenvalue weighted by atomic mass is 79.9. The van der Waals surface area contributed by atoms with Crippen LogP contribution in [0.2, 0.25) is 0 Å². The van der Waals surface area contributed by atoms with Gasteiger partial charge < -0.3 is 0 Å². The monoisotopic (exact) mass is 198 g/mol. The fraction of sp³-hybridized carbons (Fsp3) is 0.800. The van der Waals surface area contributed by atoms with E-state index in [4.69, 9.17) is 11.6 Å². The Morgan fingerprint density at radius 2 is 2.12 bits per heavy atom. The lowest BCUT2D eigenvalue weighted by molar-refractivity contribution is -0.116. The Labute approximate surface area is 62.5 Å². The molecule has 0 aliphatic carbocycles. The molecule has 0 heterocycles. The third-order valence-corrected chi connectivity index (χ3v) is 2.79. The Morgan fingerprint density at radius 1 is 1.75 bits per heavy atom. The SMILES string of the molecule is CC(=O)[C@@H](Br)[C@@H](C)Cl. The number of halogens is 2. The van der Waals surface area contributed by atoms with Crippen LogP contribution in [0.15, 0.2) is 0 Å². The number of Topliss-reactive ketones (excluding diaryl/α,β-unsaturated/α-hetero) is 1. The van der Waals surface area contributed by atoms with Crippen LogP contribution in [0.25, 0.3) is 0 Å². The van der Waals surface area contributed by atoms with Crippen molar-refractivity contribution < 1.29 is 4.79 Å². The summed E-state index contributed by atoms with van der Waals surface area (Å²) < 4.78 is 0.